The summed E-state index contributed by atoms with van der Waals surface area (Å²) in [6, 6.07) is 6.22. The number of pyridine rings is 1. The molecule has 104 valence electrons. The van der Waals surface area contributed by atoms with Crippen LogP contribution in [0.3, 0.4) is 0 Å². The van der Waals surface area contributed by atoms with E-state index in [-0.39, 0.29) is 6.79 Å². The van der Waals surface area contributed by atoms with E-state index in [1.807, 2.05) is 6.07 Å². The first-order valence-electron chi connectivity index (χ1n) is 7.11. The van der Waals surface area contributed by atoms with E-state index in [0.29, 0.717) is 5.92 Å². The van der Waals surface area contributed by atoms with Gasteiger partial charge in [-0.2, -0.15) is 0 Å². The van der Waals surface area contributed by atoms with Crippen LogP contribution in [0.25, 0.3) is 22.3 Å². The van der Waals surface area contributed by atoms with Crippen LogP contribution in [0, 0.1) is 0 Å². The van der Waals surface area contributed by atoms with Crippen molar-refractivity contribution < 1.29 is 9.47 Å². The molecule has 1 saturated carbocycles. The minimum Gasteiger partial charge on any atom is -0.454 e. The number of hydrogen-bond acceptors (Lipinski definition) is 4. The van der Waals surface area contributed by atoms with Crippen LogP contribution in [-0.2, 0) is 0 Å². The Bertz CT molecular complexity index is 838. The second-order valence-corrected chi connectivity index (χ2v) is 5.56. The molecular weight excluding hydrogens is 266 g/mol. The fourth-order valence-electron chi connectivity index (χ4n) is 2.91. The van der Waals surface area contributed by atoms with E-state index >= 15 is 0 Å². The molecule has 2 aliphatic rings. The summed E-state index contributed by atoms with van der Waals surface area (Å²) in [5, 5.41) is 1.17. The summed E-state index contributed by atoms with van der Waals surface area (Å²) in [5.74, 6) is 2.23. The molecule has 0 amide bonds. The Kier molecular flexibility index (Phi) is 2.11. The van der Waals surface area contributed by atoms with Crippen molar-refractivity contribution in [3.63, 3.8) is 0 Å². The van der Waals surface area contributed by atoms with Crippen LogP contribution in [0.1, 0.15) is 24.3 Å². The zero-order valence-corrected chi connectivity index (χ0v) is 11.3. The summed E-state index contributed by atoms with van der Waals surface area (Å²) < 4.78 is 11.0. The van der Waals surface area contributed by atoms with Crippen LogP contribution in [0.15, 0.2) is 30.7 Å². The van der Waals surface area contributed by atoms with Crippen molar-refractivity contribution in [3.8, 4) is 22.9 Å². The third-order valence-corrected chi connectivity index (χ3v) is 4.13. The van der Waals surface area contributed by atoms with Gasteiger partial charge in [0.1, 0.15) is 0 Å². The molecule has 1 aliphatic heterocycles. The van der Waals surface area contributed by atoms with Crippen LogP contribution in [-0.4, -0.2) is 21.7 Å². The third-order valence-electron chi connectivity index (χ3n) is 4.13. The predicted molar refractivity (Wildman–Crippen MR) is 77.4 cm³/mol. The Hall–Kier alpha value is -2.56. The topological polar surface area (TPSA) is 60.0 Å². The van der Waals surface area contributed by atoms with Crippen LogP contribution in [0.2, 0.25) is 0 Å². The van der Waals surface area contributed by atoms with E-state index in [1.54, 1.807) is 12.5 Å². The van der Waals surface area contributed by atoms with Gasteiger partial charge in [-0.25, -0.2) is 9.97 Å². The maximum atomic E-state index is 5.50. The molecule has 5 rings (SSSR count). The molecule has 5 nitrogen and oxygen atoms in total. The van der Waals surface area contributed by atoms with Gasteiger partial charge in [0.15, 0.2) is 11.5 Å². The van der Waals surface area contributed by atoms with Gasteiger partial charge in [-0.15, -0.1) is 0 Å². The van der Waals surface area contributed by atoms with Gasteiger partial charge < -0.3 is 14.5 Å². The minimum absolute atomic E-state index is 0.290. The molecule has 0 unspecified atom stereocenters. The highest BCUT2D eigenvalue weighted by molar-refractivity contribution is 5.89. The van der Waals surface area contributed by atoms with E-state index in [1.165, 1.54) is 23.8 Å². The Balaban J connectivity index is 1.80. The first kappa shape index (κ1) is 11.1. The summed E-state index contributed by atoms with van der Waals surface area (Å²) >= 11 is 0. The highest BCUT2D eigenvalue weighted by Gasteiger charge is 2.28. The van der Waals surface area contributed by atoms with Gasteiger partial charge in [0.25, 0.3) is 0 Å². The quantitative estimate of drug-likeness (QED) is 0.782. The Morgan fingerprint density at radius 1 is 1.10 bits per heavy atom. The number of H-pyrrole nitrogens is 1. The van der Waals surface area contributed by atoms with Crippen LogP contribution in [0.4, 0.5) is 0 Å². The van der Waals surface area contributed by atoms with E-state index in [2.05, 4.69) is 22.1 Å². The number of hydrogen-bond donors (Lipinski definition) is 1. The third kappa shape index (κ3) is 1.70. The molecule has 3 aromatic rings. The van der Waals surface area contributed by atoms with Gasteiger partial charge >= 0.3 is 0 Å². The van der Waals surface area contributed by atoms with Crippen molar-refractivity contribution >= 4 is 10.9 Å². The van der Waals surface area contributed by atoms with Gasteiger partial charge in [0.05, 0.1) is 29.4 Å². The smallest absolute Gasteiger partial charge is 0.231 e. The Labute approximate surface area is 120 Å². The maximum absolute atomic E-state index is 5.50. The maximum Gasteiger partial charge on any atom is 0.231 e. The number of imidazole rings is 1. The van der Waals surface area contributed by atoms with Crippen molar-refractivity contribution in [2.75, 3.05) is 6.79 Å². The van der Waals surface area contributed by atoms with Crippen LogP contribution < -0.4 is 9.47 Å². The minimum atomic E-state index is 0.290. The highest BCUT2D eigenvalue weighted by atomic mass is 16.7. The van der Waals surface area contributed by atoms with E-state index in [4.69, 9.17) is 14.5 Å². The number of benzene rings is 1. The van der Waals surface area contributed by atoms with Gasteiger partial charge in [0, 0.05) is 11.5 Å². The second kappa shape index (κ2) is 3.97. The Morgan fingerprint density at radius 2 is 1.95 bits per heavy atom. The fourth-order valence-corrected chi connectivity index (χ4v) is 2.91. The Morgan fingerprint density at radius 3 is 2.71 bits per heavy atom. The molecule has 0 spiro atoms. The molecule has 0 radical (unpaired) electrons. The molecule has 2 aromatic heterocycles. The van der Waals surface area contributed by atoms with Gasteiger partial charge in [-0.3, -0.25) is 0 Å². The zero-order chi connectivity index (χ0) is 13.8. The molecule has 5 heteroatoms. The molecule has 0 bridgehead atoms. The first-order valence-corrected chi connectivity index (χ1v) is 7.11. The second-order valence-electron chi connectivity index (χ2n) is 5.56. The van der Waals surface area contributed by atoms with Crippen LogP contribution in [0.5, 0.6) is 11.5 Å². The number of aromatic nitrogens is 3. The lowest BCUT2D eigenvalue weighted by molar-refractivity contribution is 0.174. The van der Waals surface area contributed by atoms with Crippen molar-refractivity contribution in [2.24, 2.45) is 0 Å². The van der Waals surface area contributed by atoms with E-state index in [0.717, 1.165) is 28.4 Å². The number of nitrogens with one attached hydrogen (secondary N) is 1. The summed E-state index contributed by atoms with van der Waals surface area (Å²) in [6.45, 7) is 0.290. The lowest BCUT2D eigenvalue weighted by Crippen LogP contribution is -1.92. The van der Waals surface area contributed by atoms with Crippen molar-refractivity contribution in [1.82, 2.24) is 15.0 Å². The van der Waals surface area contributed by atoms with E-state index in [9.17, 15) is 0 Å². The van der Waals surface area contributed by atoms with Gasteiger partial charge in [-0.05, 0) is 36.5 Å². The fraction of sp³-hybridized carbons (Fsp3) is 0.250. The molecular formula is C16H13N3O2. The number of rotatable bonds is 2. The largest absolute Gasteiger partial charge is 0.454 e. The number of fused-ring (bicyclic) bond motifs is 2. The van der Waals surface area contributed by atoms with Gasteiger partial charge in [-0.1, -0.05) is 0 Å². The monoisotopic (exact) mass is 279 g/mol. The summed E-state index contributed by atoms with van der Waals surface area (Å²) in [4.78, 5) is 12.0. The van der Waals surface area contributed by atoms with E-state index < -0.39 is 0 Å². The lowest BCUT2D eigenvalue weighted by atomic mass is 10.0. The van der Waals surface area contributed by atoms with Crippen molar-refractivity contribution in [1.29, 1.82) is 0 Å². The average molecular weight is 279 g/mol. The molecule has 0 saturated heterocycles. The molecule has 1 N–H and O–H groups in total. The predicted octanol–water partition coefficient (Wildman–Crippen LogP) is 3.23. The highest BCUT2D eigenvalue weighted by Crippen LogP contribution is 2.46. The molecule has 0 atom stereocenters. The number of nitrogens with zero attached hydrogens (tertiary/aromatic N) is 2. The van der Waals surface area contributed by atoms with Crippen LogP contribution >= 0.6 is 0 Å². The SMILES string of the molecule is c1ncc(-c2cc(C3CC3)c3cc4c(cc3n2)OCO4)[nH]1. The molecule has 21 heavy (non-hydrogen) atoms. The van der Waals surface area contributed by atoms with Crippen molar-refractivity contribution in [3.05, 3.63) is 36.3 Å². The summed E-state index contributed by atoms with van der Waals surface area (Å²) in [6.07, 6.45) is 5.97. The average Bonchev–Trinajstić information content (AvgIpc) is 3.01. The molecule has 1 fully saturated rings. The van der Waals surface area contributed by atoms with Gasteiger partial charge in [0.2, 0.25) is 6.79 Å². The molecule has 1 aromatic carbocycles. The molecule has 3 heterocycles. The van der Waals surface area contributed by atoms with Crippen molar-refractivity contribution in [2.45, 2.75) is 18.8 Å². The normalized spacial score (nSPS) is 16.6. The lowest BCUT2D eigenvalue weighted by Gasteiger charge is -2.09. The standard InChI is InChI=1S/C16H13N3O2/c1-2-9(1)10-3-13(14-6-17-7-18-14)19-12-5-16-15(4-11(10)12)20-8-21-16/h3-7,9H,1-2,8H2,(H,17,18). The summed E-state index contributed by atoms with van der Waals surface area (Å²) in [5.41, 5.74) is 4.17. The zero-order valence-electron chi connectivity index (χ0n) is 11.3. The molecule has 1 aliphatic carbocycles. The number of aromatic amines is 1. The first-order chi connectivity index (χ1) is 10.4. The number of ether oxygens (including phenoxy) is 2. The summed E-state index contributed by atoms with van der Waals surface area (Å²) in [7, 11) is 0.